The van der Waals surface area contributed by atoms with Gasteiger partial charge in [-0.05, 0) is 39.2 Å². The van der Waals surface area contributed by atoms with E-state index in [1.807, 2.05) is 7.05 Å². The molecule has 1 fully saturated rings. The van der Waals surface area contributed by atoms with Crippen LogP contribution >= 0.6 is 0 Å². The lowest BCUT2D eigenvalue weighted by Gasteiger charge is -2.34. The Morgan fingerprint density at radius 1 is 1.38 bits per heavy atom. The highest BCUT2D eigenvalue weighted by Crippen LogP contribution is 2.26. The smallest absolute Gasteiger partial charge is 0.0611 e. The molecule has 1 rings (SSSR count). The van der Waals surface area contributed by atoms with Gasteiger partial charge in [-0.25, -0.2) is 0 Å². The Morgan fingerprint density at radius 3 is 2.25 bits per heavy atom. The van der Waals surface area contributed by atoms with Gasteiger partial charge in [-0.3, -0.25) is 0 Å². The Labute approximate surface area is 100 Å². The highest BCUT2D eigenvalue weighted by Gasteiger charge is 2.32. The van der Waals surface area contributed by atoms with Gasteiger partial charge >= 0.3 is 0 Å². The number of nitrogens with zero attached hydrogens (tertiary/aromatic N) is 1. The van der Waals surface area contributed by atoms with Crippen molar-refractivity contribution in [2.45, 2.75) is 45.7 Å². The average molecular weight is 228 g/mol. The monoisotopic (exact) mass is 228 g/mol. The van der Waals surface area contributed by atoms with Crippen LogP contribution in [0.3, 0.4) is 0 Å². The van der Waals surface area contributed by atoms with Gasteiger partial charge in [0.1, 0.15) is 0 Å². The van der Waals surface area contributed by atoms with E-state index >= 15 is 0 Å². The molecule has 0 aromatic heterocycles. The van der Waals surface area contributed by atoms with E-state index in [4.69, 9.17) is 0 Å². The first kappa shape index (κ1) is 13.9. The van der Waals surface area contributed by atoms with Crippen molar-refractivity contribution in [2.75, 3.05) is 26.7 Å². The maximum atomic E-state index is 9.40. The summed E-state index contributed by atoms with van der Waals surface area (Å²) in [7, 11) is 1.93. The fourth-order valence-electron chi connectivity index (χ4n) is 2.56. The zero-order valence-electron chi connectivity index (χ0n) is 11.5. The molecular formula is C13H28N2O. The quantitative estimate of drug-likeness (QED) is 0.745. The van der Waals surface area contributed by atoms with Crippen molar-refractivity contribution in [3.8, 4) is 0 Å². The van der Waals surface area contributed by atoms with Crippen LogP contribution < -0.4 is 5.32 Å². The third kappa shape index (κ3) is 3.19. The Bertz CT molecular complexity index is 206. The van der Waals surface area contributed by atoms with Gasteiger partial charge in [-0.1, -0.05) is 13.8 Å². The topological polar surface area (TPSA) is 35.5 Å². The Hall–Kier alpha value is -0.120. The zero-order valence-corrected chi connectivity index (χ0v) is 11.5. The van der Waals surface area contributed by atoms with Gasteiger partial charge in [0, 0.05) is 24.7 Å². The van der Waals surface area contributed by atoms with Crippen molar-refractivity contribution in [3.63, 3.8) is 0 Å². The van der Waals surface area contributed by atoms with Crippen molar-refractivity contribution in [3.05, 3.63) is 0 Å². The summed E-state index contributed by atoms with van der Waals surface area (Å²) in [6.07, 6.45) is 0.999. The molecule has 0 radical (unpaired) electrons. The molecule has 4 atom stereocenters. The minimum atomic E-state index is -0.144. The Kier molecular flexibility index (Phi) is 4.77. The first-order chi connectivity index (χ1) is 7.41. The van der Waals surface area contributed by atoms with Crippen LogP contribution in [0, 0.1) is 11.8 Å². The highest BCUT2D eigenvalue weighted by molar-refractivity contribution is 4.89. The van der Waals surface area contributed by atoms with Crippen LogP contribution in [0.5, 0.6) is 0 Å². The van der Waals surface area contributed by atoms with Crippen molar-refractivity contribution in [1.29, 1.82) is 0 Å². The van der Waals surface area contributed by atoms with Gasteiger partial charge < -0.3 is 15.3 Å². The molecule has 1 aliphatic heterocycles. The molecule has 1 saturated heterocycles. The number of nitrogens with one attached hydrogen (secondary N) is 1. The summed E-state index contributed by atoms with van der Waals surface area (Å²) >= 11 is 0. The molecule has 0 aromatic carbocycles. The molecule has 3 nitrogen and oxygen atoms in total. The van der Waals surface area contributed by atoms with E-state index in [0.717, 1.165) is 18.3 Å². The van der Waals surface area contributed by atoms with Crippen LogP contribution in [-0.4, -0.2) is 48.3 Å². The van der Waals surface area contributed by atoms with E-state index in [1.165, 1.54) is 13.1 Å². The van der Waals surface area contributed by atoms with Crippen molar-refractivity contribution < 1.29 is 5.11 Å². The molecule has 0 amide bonds. The predicted molar refractivity (Wildman–Crippen MR) is 68.5 cm³/mol. The summed E-state index contributed by atoms with van der Waals surface area (Å²) in [6, 6.07) is 0.539. The first-order valence-corrected chi connectivity index (χ1v) is 6.45. The minimum Gasteiger partial charge on any atom is -0.394 e. The second-order valence-electron chi connectivity index (χ2n) is 5.93. The largest absolute Gasteiger partial charge is 0.394 e. The molecule has 3 heteroatoms. The molecule has 16 heavy (non-hydrogen) atoms. The van der Waals surface area contributed by atoms with Gasteiger partial charge in [0.2, 0.25) is 0 Å². The Balaban J connectivity index is 2.49. The molecule has 2 N–H and O–H groups in total. The van der Waals surface area contributed by atoms with Gasteiger partial charge in [0.05, 0.1) is 6.61 Å². The summed E-state index contributed by atoms with van der Waals surface area (Å²) in [5, 5.41) is 12.6. The summed E-state index contributed by atoms with van der Waals surface area (Å²) in [6.45, 7) is 11.6. The maximum Gasteiger partial charge on any atom is 0.0611 e. The molecule has 0 aliphatic carbocycles. The van der Waals surface area contributed by atoms with Crippen molar-refractivity contribution in [2.24, 2.45) is 11.8 Å². The summed E-state index contributed by atoms with van der Waals surface area (Å²) in [4.78, 5) is 2.56. The van der Waals surface area contributed by atoms with Crippen LogP contribution in [0.25, 0.3) is 0 Å². The van der Waals surface area contributed by atoms with E-state index in [-0.39, 0.29) is 12.1 Å². The van der Waals surface area contributed by atoms with Crippen LogP contribution in [-0.2, 0) is 0 Å². The lowest BCUT2D eigenvalue weighted by Crippen LogP contribution is -2.48. The van der Waals surface area contributed by atoms with E-state index in [0.29, 0.717) is 6.04 Å². The standard InChI is InChI=1S/C13H28N2O/c1-10-7-15(8-11(10)2)12(3)6-13(4,9-16)14-5/h10-12,14,16H,6-9H2,1-5H3. The van der Waals surface area contributed by atoms with Crippen molar-refractivity contribution >= 4 is 0 Å². The number of hydrogen-bond acceptors (Lipinski definition) is 3. The van der Waals surface area contributed by atoms with Gasteiger partial charge in [-0.15, -0.1) is 0 Å². The van der Waals surface area contributed by atoms with E-state index < -0.39 is 0 Å². The average Bonchev–Trinajstić information content (AvgIpc) is 2.59. The van der Waals surface area contributed by atoms with Gasteiger partial charge in [-0.2, -0.15) is 0 Å². The van der Waals surface area contributed by atoms with Crippen LogP contribution in [0.15, 0.2) is 0 Å². The zero-order chi connectivity index (χ0) is 12.3. The predicted octanol–water partition coefficient (Wildman–Crippen LogP) is 1.32. The van der Waals surface area contributed by atoms with E-state index in [1.54, 1.807) is 0 Å². The molecule has 1 heterocycles. The molecule has 0 saturated carbocycles. The van der Waals surface area contributed by atoms with Crippen LogP contribution in [0.2, 0.25) is 0 Å². The molecular weight excluding hydrogens is 200 g/mol. The Morgan fingerprint density at radius 2 is 1.88 bits per heavy atom. The summed E-state index contributed by atoms with van der Waals surface area (Å²) in [5.74, 6) is 1.61. The normalized spacial score (nSPS) is 32.6. The number of aliphatic hydroxyl groups is 1. The van der Waals surface area contributed by atoms with Gasteiger partial charge in [0.15, 0.2) is 0 Å². The molecule has 1 aliphatic rings. The second-order valence-corrected chi connectivity index (χ2v) is 5.93. The molecule has 96 valence electrons. The van der Waals surface area contributed by atoms with E-state index in [2.05, 4.69) is 37.9 Å². The van der Waals surface area contributed by atoms with Gasteiger partial charge in [0.25, 0.3) is 0 Å². The summed E-state index contributed by atoms with van der Waals surface area (Å²) < 4.78 is 0. The lowest BCUT2D eigenvalue weighted by molar-refractivity contribution is 0.129. The second kappa shape index (κ2) is 5.48. The number of aliphatic hydroxyl groups excluding tert-OH is 1. The first-order valence-electron chi connectivity index (χ1n) is 6.45. The molecule has 4 unspecified atom stereocenters. The number of likely N-dealkylation sites (N-methyl/N-ethyl adjacent to an activating group) is 1. The number of hydrogen-bond donors (Lipinski definition) is 2. The van der Waals surface area contributed by atoms with E-state index in [9.17, 15) is 5.11 Å². The SMILES string of the molecule is CNC(C)(CO)CC(C)N1CC(C)C(C)C1. The summed E-state index contributed by atoms with van der Waals surface area (Å²) in [5.41, 5.74) is -0.144. The minimum absolute atomic E-state index is 0.144. The fraction of sp³-hybridized carbons (Fsp3) is 1.00. The maximum absolute atomic E-state index is 9.40. The third-order valence-corrected chi connectivity index (χ3v) is 4.34. The highest BCUT2D eigenvalue weighted by atomic mass is 16.3. The number of likely N-dealkylation sites (tertiary alicyclic amines) is 1. The lowest BCUT2D eigenvalue weighted by atomic mass is 9.94. The van der Waals surface area contributed by atoms with Crippen molar-refractivity contribution in [1.82, 2.24) is 10.2 Å². The molecule has 0 bridgehead atoms. The fourth-order valence-corrected chi connectivity index (χ4v) is 2.56. The molecule has 0 spiro atoms. The number of rotatable bonds is 5. The third-order valence-electron chi connectivity index (χ3n) is 4.34. The van der Waals surface area contributed by atoms with Crippen LogP contribution in [0.1, 0.15) is 34.1 Å². The van der Waals surface area contributed by atoms with Crippen LogP contribution in [0.4, 0.5) is 0 Å². The molecule has 0 aromatic rings.